The number of allylic oxidation sites excluding steroid dienone is 4. The SMILES string of the molecule is CC(C)(C)c1ccc2c(c1)[C]=c1c-2cc(=C(c2ccccc2)c2ccccc2)c(C(C)(C)C)c1C1=C(c2ccc3ccccc3c2)C=CC1. The van der Waals surface area contributed by atoms with Crippen molar-refractivity contribution in [1.82, 2.24) is 0 Å². The van der Waals surface area contributed by atoms with Crippen LogP contribution in [0, 0.1) is 0 Å². The Balaban J connectivity index is 1.56. The maximum absolute atomic E-state index is 4.02. The zero-order valence-corrected chi connectivity index (χ0v) is 29.5. The lowest BCUT2D eigenvalue weighted by molar-refractivity contribution is 0.583. The highest BCUT2D eigenvalue weighted by Gasteiger charge is 2.30. The van der Waals surface area contributed by atoms with Crippen LogP contribution in [0.1, 0.15) is 86.9 Å². The molecule has 239 valence electrons. The minimum absolute atomic E-state index is 0.0543. The van der Waals surface area contributed by atoms with E-state index in [1.807, 2.05) is 0 Å². The Morgan fingerprint density at radius 1 is 0.592 bits per heavy atom. The Morgan fingerprint density at radius 3 is 1.90 bits per heavy atom. The van der Waals surface area contributed by atoms with Crippen LogP contribution in [-0.2, 0) is 10.8 Å². The molecule has 0 fully saturated rings. The van der Waals surface area contributed by atoms with Gasteiger partial charge in [-0.1, -0.05) is 163 Å². The number of hydrogen-bond acceptors (Lipinski definition) is 0. The van der Waals surface area contributed by atoms with Crippen molar-refractivity contribution in [3.05, 3.63) is 189 Å². The molecule has 0 atom stereocenters. The Morgan fingerprint density at radius 2 is 1.24 bits per heavy atom. The van der Waals surface area contributed by atoms with Crippen LogP contribution in [0.4, 0.5) is 0 Å². The molecule has 0 spiro atoms. The van der Waals surface area contributed by atoms with Gasteiger partial charge < -0.3 is 0 Å². The second kappa shape index (κ2) is 11.7. The Labute approximate surface area is 291 Å². The fourth-order valence-corrected chi connectivity index (χ4v) is 7.84. The van der Waals surface area contributed by atoms with Crippen molar-refractivity contribution in [2.75, 3.05) is 0 Å². The second-order valence-corrected chi connectivity index (χ2v) is 15.6. The highest BCUT2D eigenvalue weighted by atomic mass is 14.3. The normalized spacial score (nSPS) is 13.8. The summed E-state index contributed by atoms with van der Waals surface area (Å²) in [6.45, 7) is 14.0. The van der Waals surface area contributed by atoms with Gasteiger partial charge in [0.05, 0.1) is 0 Å². The number of fused-ring (bicyclic) bond motifs is 4. The average molecular weight is 632 g/mol. The van der Waals surface area contributed by atoms with Crippen LogP contribution in [0.2, 0.25) is 0 Å². The smallest absolute Gasteiger partial charge is 0.000731 e. The summed E-state index contributed by atoms with van der Waals surface area (Å²) in [5.74, 6) is 0. The van der Waals surface area contributed by atoms with Gasteiger partial charge in [0.2, 0.25) is 0 Å². The summed E-state index contributed by atoms with van der Waals surface area (Å²) < 4.78 is 0. The van der Waals surface area contributed by atoms with Gasteiger partial charge >= 0.3 is 0 Å². The Kier molecular flexibility index (Phi) is 7.45. The molecule has 0 heterocycles. The summed E-state index contributed by atoms with van der Waals surface area (Å²) in [5, 5.41) is 5.06. The van der Waals surface area contributed by atoms with E-state index in [0.717, 1.165) is 6.42 Å². The average Bonchev–Trinajstić information content (AvgIpc) is 3.73. The van der Waals surface area contributed by atoms with E-state index in [1.54, 1.807) is 0 Å². The minimum atomic E-state index is -0.161. The van der Waals surface area contributed by atoms with Crippen molar-refractivity contribution in [3.8, 4) is 11.1 Å². The summed E-state index contributed by atoms with van der Waals surface area (Å²) in [6, 6.07) is 47.1. The fraction of sp³-hybridized carbons (Fsp3) is 0.184. The summed E-state index contributed by atoms with van der Waals surface area (Å²) >= 11 is 0. The molecule has 6 aromatic carbocycles. The topological polar surface area (TPSA) is 0 Å². The highest BCUT2D eigenvalue weighted by Crippen LogP contribution is 2.41. The third kappa shape index (κ3) is 5.50. The van der Waals surface area contributed by atoms with Crippen molar-refractivity contribution in [2.45, 2.75) is 58.8 Å². The van der Waals surface area contributed by atoms with E-state index in [1.165, 1.54) is 88.0 Å². The van der Waals surface area contributed by atoms with Gasteiger partial charge in [0, 0.05) is 0 Å². The largest absolute Gasteiger partial charge is 0.0795 e. The van der Waals surface area contributed by atoms with Gasteiger partial charge in [-0.05, 0) is 130 Å². The summed E-state index contributed by atoms with van der Waals surface area (Å²) in [5.41, 5.74) is 15.4. The minimum Gasteiger partial charge on any atom is -0.0795 e. The fourth-order valence-electron chi connectivity index (χ4n) is 7.84. The van der Waals surface area contributed by atoms with E-state index in [2.05, 4.69) is 187 Å². The molecule has 2 aliphatic carbocycles. The second-order valence-electron chi connectivity index (χ2n) is 15.6. The first-order valence-corrected chi connectivity index (χ1v) is 17.6. The van der Waals surface area contributed by atoms with Crippen molar-refractivity contribution in [3.63, 3.8) is 0 Å². The first-order valence-electron chi connectivity index (χ1n) is 17.6. The molecule has 0 bridgehead atoms. The van der Waals surface area contributed by atoms with Crippen molar-refractivity contribution < 1.29 is 0 Å². The molecule has 0 saturated heterocycles. The molecule has 2 aliphatic rings. The first-order chi connectivity index (χ1) is 23.6. The van der Waals surface area contributed by atoms with Gasteiger partial charge in [-0.25, -0.2) is 0 Å². The monoisotopic (exact) mass is 631 g/mol. The molecule has 0 aromatic heterocycles. The van der Waals surface area contributed by atoms with Crippen LogP contribution in [-0.4, -0.2) is 0 Å². The van der Waals surface area contributed by atoms with E-state index in [-0.39, 0.29) is 10.8 Å². The van der Waals surface area contributed by atoms with Gasteiger partial charge in [0.1, 0.15) is 0 Å². The van der Waals surface area contributed by atoms with Crippen LogP contribution >= 0.6 is 0 Å². The van der Waals surface area contributed by atoms with Crippen LogP contribution in [0.15, 0.2) is 140 Å². The van der Waals surface area contributed by atoms with Crippen LogP contribution in [0.3, 0.4) is 0 Å². The first kappa shape index (κ1) is 31.1. The molecule has 1 radical (unpaired) electrons. The molecule has 0 N–H and O–H groups in total. The summed E-state index contributed by atoms with van der Waals surface area (Å²) in [7, 11) is 0. The maximum Gasteiger partial charge on any atom is -0.000731 e. The zero-order valence-electron chi connectivity index (χ0n) is 29.5. The lowest BCUT2D eigenvalue weighted by Gasteiger charge is -2.28. The van der Waals surface area contributed by atoms with Gasteiger partial charge in [0.25, 0.3) is 0 Å². The van der Waals surface area contributed by atoms with Gasteiger partial charge in [-0.3, -0.25) is 0 Å². The molecule has 0 nitrogen and oxygen atoms in total. The molecule has 0 amide bonds. The molecule has 8 rings (SSSR count). The lowest BCUT2D eigenvalue weighted by Crippen LogP contribution is -2.32. The third-order valence-electron chi connectivity index (χ3n) is 10.2. The van der Waals surface area contributed by atoms with E-state index in [0.29, 0.717) is 0 Å². The van der Waals surface area contributed by atoms with Crippen LogP contribution in [0.25, 0.3) is 44.7 Å². The predicted octanol–water partition coefficient (Wildman–Crippen LogP) is 11.2. The van der Waals surface area contributed by atoms with Crippen molar-refractivity contribution in [2.24, 2.45) is 0 Å². The summed E-state index contributed by atoms with van der Waals surface area (Å²) in [6.07, 6.45) is 9.61. The molecule has 0 saturated carbocycles. The standard InChI is InChI=1S/C49H43/c1-48(2,3)38-26-27-40-37(29-38)30-43-42(40)31-44(45(33-17-9-7-10-18-33)34-19-11-8-12-20-34)47(49(4,5)6)46(43)41-23-15-22-39(41)36-25-24-32-16-13-14-21-35(32)28-36/h7-22,24-29,31H,23H2,1-6H3. The van der Waals surface area contributed by atoms with E-state index >= 15 is 0 Å². The number of rotatable bonds is 4. The zero-order chi connectivity index (χ0) is 33.9. The molecule has 0 heteroatoms. The molecular weight excluding hydrogens is 589 g/mol. The molecule has 0 unspecified atom stereocenters. The van der Waals surface area contributed by atoms with Crippen LogP contribution < -0.4 is 10.4 Å². The number of hydrogen-bond donors (Lipinski definition) is 0. The summed E-state index contributed by atoms with van der Waals surface area (Å²) in [4.78, 5) is 0. The van der Waals surface area contributed by atoms with Gasteiger partial charge in [-0.15, -0.1) is 0 Å². The lowest BCUT2D eigenvalue weighted by atomic mass is 9.75. The highest BCUT2D eigenvalue weighted by molar-refractivity contribution is 6.03. The molecule has 0 aliphatic heterocycles. The van der Waals surface area contributed by atoms with E-state index in [9.17, 15) is 0 Å². The number of benzene rings is 6. The maximum atomic E-state index is 4.02. The quantitative estimate of drug-likeness (QED) is 0.181. The Bertz CT molecular complexity index is 2400. The van der Waals surface area contributed by atoms with E-state index in [4.69, 9.17) is 0 Å². The van der Waals surface area contributed by atoms with Crippen molar-refractivity contribution >= 4 is 33.6 Å². The van der Waals surface area contributed by atoms with Crippen LogP contribution in [0.5, 0.6) is 0 Å². The Hall–Kier alpha value is -5.20. The molecular formula is C49H43. The molecule has 6 aromatic rings. The molecule has 49 heavy (non-hydrogen) atoms. The predicted molar refractivity (Wildman–Crippen MR) is 210 cm³/mol. The van der Waals surface area contributed by atoms with Gasteiger partial charge in [-0.2, -0.15) is 0 Å². The third-order valence-corrected chi connectivity index (χ3v) is 10.2. The van der Waals surface area contributed by atoms with E-state index < -0.39 is 0 Å². The van der Waals surface area contributed by atoms with Crippen molar-refractivity contribution in [1.29, 1.82) is 0 Å². The van der Waals surface area contributed by atoms with Gasteiger partial charge in [0.15, 0.2) is 0 Å².